The fourth-order valence-corrected chi connectivity index (χ4v) is 2.37. The first kappa shape index (κ1) is 17.6. The SMILES string of the molecule is CCCCCCNC(=O)N1CCC(C(=O)O)(C(F)(F)F)C1. The van der Waals surface area contributed by atoms with Gasteiger partial charge in [-0.2, -0.15) is 13.2 Å². The lowest BCUT2D eigenvalue weighted by Crippen LogP contribution is -2.49. The fraction of sp³-hybridized carbons (Fsp3) is 0.846. The predicted molar refractivity (Wildman–Crippen MR) is 69.9 cm³/mol. The molecule has 8 heteroatoms. The van der Waals surface area contributed by atoms with Crippen molar-refractivity contribution >= 4 is 12.0 Å². The smallest absolute Gasteiger partial charge is 0.406 e. The summed E-state index contributed by atoms with van der Waals surface area (Å²) in [6.45, 7) is 1.41. The topological polar surface area (TPSA) is 69.6 Å². The highest BCUT2D eigenvalue weighted by atomic mass is 19.4. The van der Waals surface area contributed by atoms with Crippen LogP contribution in [0.3, 0.4) is 0 Å². The molecule has 0 bridgehead atoms. The normalized spacial score (nSPS) is 22.4. The molecular weight excluding hydrogens is 289 g/mol. The van der Waals surface area contributed by atoms with Crippen LogP contribution in [-0.2, 0) is 4.79 Å². The number of unbranched alkanes of at least 4 members (excludes halogenated alkanes) is 3. The Bertz CT molecular complexity index is 387. The van der Waals surface area contributed by atoms with Gasteiger partial charge in [0.2, 0.25) is 0 Å². The maximum absolute atomic E-state index is 13.0. The van der Waals surface area contributed by atoms with E-state index in [4.69, 9.17) is 5.11 Å². The number of carboxylic acids is 1. The van der Waals surface area contributed by atoms with Gasteiger partial charge in [-0.05, 0) is 12.8 Å². The zero-order valence-corrected chi connectivity index (χ0v) is 12.0. The van der Waals surface area contributed by atoms with Gasteiger partial charge in [-0.3, -0.25) is 4.79 Å². The highest BCUT2D eigenvalue weighted by Gasteiger charge is 2.64. The Morgan fingerprint density at radius 1 is 1.29 bits per heavy atom. The maximum Gasteiger partial charge on any atom is 0.406 e. The Morgan fingerprint density at radius 3 is 2.43 bits per heavy atom. The van der Waals surface area contributed by atoms with Crippen LogP contribution in [-0.4, -0.2) is 47.8 Å². The van der Waals surface area contributed by atoms with E-state index < -0.39 is 36.6 Å². The summed E-state index contributed by atoms with van der Waals surface area (Å²) < 4.78 is 38.9. The molecule has 1 aliphatic heterocycles. The molecule has 2 amide bonds. The first-order valence-electron chi connectivity index (χ1n) is 7.07. The van der Waals surface area contributed by atoms with Crippen LogP contribution < -0.4 is 5.32 Å². The number of amides is 2. The van der Waals surface area contributed by atoms with E-state index in [1.807, 2.05) is 6.92 Å². The number of nitrogens with zero attached hydrogens (tertiary/aromatic N) is 1. The van der Waals surface area contributed by atoms with Crippen LogP contribution in [0.15, 0.2) is 0 Å². The van der Waals surface area contributed by atoms with E-state index in [0.717, 1.165) is 30.6 Å². The number of alkyl halides is 3. The molecule has 122 valence electrons. The monoisotopic (exact) mass is 310 g/mol. The Labute approximate surface area is 121 Å². The van der Waals surface area contributed by atoms with E-state index in [0.29, 0.717) is 6.54 Å². The number of rotatable bonds is 6. The van der Waals surface area contributed by atoms with Gasteiger partial charge in [0.1, 0.15) is 0 Å². The van der Waals surface area contributed by atoms with Gasteiger partial charge in [-0.25, -0.2) is 4.79 Å². The maximum atomic E-state index is 13.0. The molecule has 21 heavy (non-hydrogen) atoms. The molecule has 1 rings (SSSR count). The van der Waals surface area contributed by atoms with Crippen LogP contribution in [0.1, 0.15) is 39.0 Å². The van der Waals surface area contributed by atoms with Crippen molar-refractivity contribution in [1.29, 1.82) is 0 Å². The molecule has 0 aliphatic carbocycles. The second-order valence-electron chi connectivity index (χ2n) is 5.35. The van der Waals surface area contributed by atoms with Gasteiger partial charge >= 0.3 is 18.2 Å². The molecule has 2 N–H and O–H groups in total. The third-order valence-corrected chi connectivity index (χ3v) is 3.82. The summed E-state index contributed by atoms with van der Waals surface area (Å²) in [5, 5.41) is 11.4. The molecule has 1 atom stereocenters. The first-order chi connectivity index (χ1) is 9.74. The molecule has 0 spiro atoms. The minimum absolute atomic E-state index is 0.202. The summed E-state index contributed by atoms with van der Waals surface area (Å²) in [4.78, 5) is 23.7. The molecule has 0 aromatic rings. The summed E-state index contributed by atoms with van der Waals surface area (Å²) in [5.74, 6) is -1.92. The number of hydrogen-bond donors (Lipinski definition) is 2. The Hall–Kier alpha value is -1.47. The number of halogens is 3. The summed E-state index contributed by atoms with van der Waals surface area (Å²) in [7, 11) is 0. The molecule has 1 fully saturated rings. The summed E-state index contributed by atoms with van der Waals surface area (Å²) >= 11 is 0. The van der Waals surface area contributed by atoms with Gasteiger partial charge in [0.15, 0.2) is 5.41 Å². The van der Waals surface area contributed by atoms with Crippen molar-refractivity contribution in [3.63, 3.8) is 0 Å². The third kappa shape index (κ3) is 4.01. The fourth-order valence-electron chi connectivity index (χ4n) is 2.37. The van der Waals surface area contributed by atoms with Crippen LogP contribution in [0, 0.1) is 5.41 Å². The van der Waals surface area contributed by atoms with Crippen LogP contribution >= 0.6 is 0 Å². The van der Waals surface area contributed by atoms with Crippen molar-refractivity contribution < 1.29 is 27.9 Å². The van der Waals surface area contributed by atoms with Crippen molar-refractivity contribution in [1.82, 2.24) is 10.2 Å². The highest BCUT2D eigenvalue weighted by molar-refractivity contribution is 5.80. The van der Waals surface area contributed by atoms with E-state index in [-0.39, 0.29) is 6.54 Å². The van der Waals surface area contributed by atoms with Gasteiger partial charge in [0.25, 0.3) is 0 Å². The predicted octanol–water partition coefficient (Wildman–Crippen LogP) is 2.62. The first-order valence-corrected chi connectivity index (χ1v) is 7.07. The molecule has 0 aromatic heterocycles. The van der Waals surface area contributed by atoms with E-state index in [9.17, 15) is 22.8 Å². The standard InChI is InChI=1S/C13H21F3N2O3/c1-2-3-4-5-7-17-11(21)18-8-6-12(9-18,10(19)20)13(14,15)16/h2-9H2,1H3,(H,17,21)(H,19,20). The molecule has 5 nitrogen and oxygen atoms in total. The average molecular weight is 310 g/mol. The van der Waals surface area contributed by atoms with E-state index in [2.05, 4.69) is 5.32 Å². The molecule has 1 saturated heterocycles. The van der Waals surface area contributed by atoms with E-state index >= 15 is 0 Å². The highest BCUT2D eigenvalue weighted by Crippen LogP contribution is 2.45. The average Bonchev–Trinajstić information content (AvgIpc) is 2.84. The van der Waals surface area contributed by atoms with Gasteiger partial charge in [0, 0.05) is 19.6 Å². The molecule has 1 unspecified atom stereocenters. The van der Waals surface area contributed by atoms with Gasteiger partial charge in [-0.15, -0.1) is 0 Å². The number of nitrogens with one attached hydrogen (secondary N) is 1. The van der Waals surface area contributed by atoms with Crippen molar-refractivity contribution in [2.75, 3.05) is 19.6 Å². The Balaban J connectivity index is 2.52. The molecule has 0 saturated carbocycles. The van der Waals surface area contributed by atoms with Gasteiger partial charge in [0.05, 0.1) is 0 Å². The number of likely N-dealkylation sites (tertiary alicyclic amines) is 1. The molecule has 0 aromatic carbocycles. The molecule has 1 aliphatic rings. The number of hydrogen-bond acceptors (Lipinski definition) is 2. The van der Waals surface area contributed by atoms with Crippen molar-refractivity contribution in [3.8, 4) is 0 Å². The second kappa shape index (κ2) is 7.00. The molecule has 0 radical (unpaired) electrons. The Morgan fingerprint density at radius 2 is 1.95 bits per heavy atom. The number of carboxylic acid groups (broad SMARTS) is 1. The number of carbonyl (C=O) groups is 2. The third-order valence-electron chi connectivity index (χ3n) is 3.82. The lowest BCUT2D eigenvalue weighted by Gasteiger charge is -2.27. The summed E-state index contributed by atoms with van der Waals surface area (Å²) in [6.07, 6.45) is -1.68. The Kier molecular flexibility index (Phi) is 5.86. The largest absolute Gasteiger partial charge is 0.481 e. The zero-order chi connectivity index (χ0) is 16.1. The van der Waals surface area contributed by atoms with Crippen LogP contribution in [0.2, 0.25) is 0 Å². The van der Waals surface area contributed by atoms with Crippen LogP contribution in [0.25, 0.3) is 0 Å². The number of aliphatic carboxylic acids is 1. The second-order valence-corrected chi connectivity index (χ2v) is 5.35. The van der Waals surface area contributed by atoms with Gasteiger partial charge < -0.3 is 15.3 Å². The molecular formula is C13H21F3N2O3. The quantitative estimate of drug-likeness (QED) is 0.741. The van der Waals surface area contributed by atoms with E-state index in [1.165, 1.54) is 0 Å². The lowest BCUT2D eigenvalue weighted by molar-refractivity contribution is -0.226. The summed E-state index contributed by atoms with van der Waals surface area (Å²) in [6, 6.07) is -0.626. The van der Waals surface area contributed by atoms with Crippen molar-refractivity contribution in [2.45, 2.75) is 45.2 Å². The number of carbonyl (C=O) groups excluding carboxylic acids is 1. The van der Waals surface area contributed by atoms with Crippen molar-refractivity contribution in [3.05, 3.63) is 0 Å². The lowest BCUT2D eigenvalue weighted by atomic mass is 9.86. The van der Waals surface area contributed by atoms with Crippen LogP contribution in [0.4, 0.5) is 18.0 Å². The van der Waals surface area contributed by atoms with Crippen LogP contribution in [0.5, 0.6) is 0 Å². The number of urea groups is 1. The minimum atomic E-state index is -4.87. The van der Waals surface area contributed by atoms with Crippen molar-refractivity contribution in [2.24, 2.45) is 5.41 Å². The summed E-state index contributed by atoms with van der Waals surface area (Å²) in [5.41, 5.74) is -2.84. The minimum Gasteiger partial charge on any atom is -0.481 e. The van der Waals surface area contributed by atoms with E-state index in [1.54, 1.807) is 0 Å². The zero-order valence-electron chi connectivity index (χ0n) is 12.0. The molecule has 1 heterocycles. The van der Waals surface area contributed by atoms with Gasteiger partial charge in [-0.1, -0.05) is 26.2 Å².